The highest BCUT2D eigenvalue weighted by atomic mass is 16.5. The molecule has 1 aromatic carbocycles. The summed E-state index contributed by atoms with van der Waals surface area (Å²) in [6, 6.07) is 7.91. The molecule has 1 N–H and O–H groups in total. The molecule has 1 aromatic rings. The molecular formula is C16H23NO2. The maximum Gasteiger partial charge on any atom is 0.223 e. The van der Waals surface area contributed by atoms with Gasteiger partial charge in [0.05, 0.1) is 6.61 Å². The maximum atomic E-state index is 12.0. The van der Waals surface area contributed by atoms with Crippen molar-refractivity contribution in [1.82, 2.24) is 5.32 Å². The fourth-order valence-corrected chi connectivity index (χ4v) is 2.57. The van der Waals surface area contributed by atoms with Gasteiger partial charge in [-0.15, -0.1) is 0 Å². The molecule has 0 unspecified atom stereocenters. The number of ether oxygens (including phenoxy) is 1. The van der Waals surface area contributed by atoms with Gasteiger partial charge in [0, 0.05) is 12.5 Å². The first-order valence-electron chi connectivity index (χ1n) is 7.29. The predicted molar refractivity (Wildman–Crippen MR) is 76.0 cm³/mol. The normalized spacial score (nSPS) is 16.1. The van der Waals surface area contributed by atoms with Crippen LogP contribution in [0.5, 0.6) is 5.75 Å². The highest BCUT2D eigenvalue weighted by molar-refractivity contribution is 5.78. The Kier molecular flexibility index (Phi) is 5.25. The molecule has 2 rings (SSSR count). The number of hydrogen-bond acceptors (Lipinski definition) is 2. The number of hydrogen-bond donors (Lipinski definition) is 1. The molecule has 3 nitrogen and oxygen atoms in total. The number of amides is 1. The first kappa shape index (κ1) is 13.9. The second-order valence-corrected chi connectivity index (χ2v) is 5.13. The Balaban J connectivity index is 1.79. The van der Waals surface area contributed by atoms with Crippen molar-refractivity contribution in [2.45, 2.75) is 45.6 Å². The van der Waals surface area contributed by atoms with Gasteiger partial charge in [0.2, 0.25) is 5.91 Å². The van der Waals surface area contributed by atoms with Crippen LogP contribution >= 0.6 is 0 Å². The summed E-state index contributed by atoms with van der Waals surface area (Å²) >= 11 is 0. The average Bonchev–Trinajstić information content (AvgIpc) is 2.47. The lowest BCUT2D eigenvalue weighted by Gasteiger charge is -2.20. The van der Waals surface area contributed by atoms with Crippen LogP contribution in [0.4, 0.5) is 0 Å². The first-order valence-corrected chi connectivity index (χ1v) is 7.29. The number of rotatable bonds is 5. The third kappa shape index (κ3) is 4.27. The molecule has 0 heterocycles. The fraction of sp³-hybridized carbons (Fsp3) is 0.562. The second kappa shape index (κ2) is 7.17. The number of carbonyl (C=O) groups is 1. The lowest BCUT2D eigenvalue weighted by molar-refractivity contribution is -0.126. The molecule has 0 radical (unpaired) electrons. The first-order chi connectivity index (χ1) is 9.29. The second-order valence-electron chi connectivity index (χ2n) is 5.13. The van der Waals surface area contributed by atoms with Crippen molar-refractivity contribution in [3.63, 3.8) is 0 Å². The van der Waals surface area contributed by atoms with Gasteiger partial charge in [-0.3, -0.25) is 4.79 Å². The highest BCUT2D eigenvalue weighted by Crippen LogP contribution is 2.23. The Morgan fingerprint density at radius 2 is 1.89 bits per heavy atom. The van der Waals surface area contributed by atoms with E-state index in [1.165, 1.54) is 19.3 Å². The number of carbonyl (C=O) groups excluding carboxylic acids is 1. The molecule has 0 aliphatic heterocycles. The molecule has 104 valence electrons. The van der Waals surface area contributed by atoms with Gasteiger partial charge in [0.1, 0.15) is 5.75 Å². The maximum absolute atomic E-state index is 12.0. The van der Waals surface area contributed by atoms with Gasteiger partial charge < -0.3 is 10.1 Å². The van der Waals surface area contributed by atoms with Crippen molar-refractivity contribution in [2.24, 2.45) is 5.92 Å². The minimum Gasteiger partial charge on any atom is -0.494 e. The van der Waals surface area contributed by atoms with E-state index in [0.29, 0.717) is 13.2 Å². The Morgan fingerprint density at radius 3 is 2.53 bits per heavy atom. The van der Waals surface area contributed by atoms with Crippen molar-refractivity contribution < 1.29 is 9.53 Å². The summed E-state index contributed by atoms with van der Waals surface area (Å²) in [7, 11) is 0. The molecule has 0 spiro atoms. The summed E-state index contributed by atoms with van der Waals surface area (Å²) in [4.78, 5) is 12.0. The van der Waals surface area contributed by atoms with Crippen molar-refractivity contribution in [1.29, 1.82) is 0 Å². The third-order valence-electron chi connectivity index (χ3n) is 3.68. The van der Waals surface area contributed by atoms with Crippen molar-refractivity contribution in [3.05, 3.63) is 29.8 Å². The minimum absolute atomic E-state index is 0.216. The zero-order valence-corrected chi connectivity index (χ0v) is 11.7. The monoisotopic (exact) mass is 261 g/mol. The summed E-state index contributed by atoms with van der Waals surface area (Å²) in [6.07, 6.45) is 5.77. The quantitative estimate of drug-likeness (QED) is 0.883. The van der Waals surface area contributed by atoms with Crippen molar-refractivity contribution in [3.8, 4) is 5.75 Å². The Morgan fingerprint density at radius 1 is 1.21 bits per heavy atom. The molecule has 0 bridgehead atoms. The van der Waals surface area contributed by atoms with E-state index in [1.807, 2.05) is 31.2 Å². The summed E-state index contributed by atoms with van der Waals surface area (Å²) in [5.74, 6) is 1.33. The van der Waals surface area contributed by atoms with Gasteiger partial charge >= 0.3 is 0 Å². The standard InChI is InChI=1S/C16H23NO2/c1-2-19-15-10-8-13(9-11-15)12-17-16(18)14-6-4-3-5-7-14/h8-11,14H,2-7,12H2,1H3,(H,17,18). The molecule has 1 saturated carbocycles. The lowest BCUT2D eigenvalue weighted by Crippen LogP contribution is -2.31. The molecule has 19 heavy (non-hydrogen) atoms. The van der Waals surface area contributed by atoms with E-state index in [-0.39, 0.29) is 11.8 Å². The van der Waals surface area contributed by atoms with Gasteiger partial charge in [0.25, 0.3) is 0 Å². The topological polar surface area (TPSA) is 38.3 Å². The van der Waals surface area contributed by atoms with Gasteiger partial charge in [-0.25, -0.2) is 0 Å². The van der Waals surface area contributed by atoms with Crippen molar-refractivity contribution >= 4 is 5.91 Å². The van der Waals surface area contributed by atoms with E-state index in [9.17, 15) is 4.79 Å². The van der Waals surface area contributed by atoms with E-state index in [1.54, 1.807) is 0 Å². The van der Waals surface area contributed by atoms with E-state index < -0.39 is 0 Å². The van der Waals surface area contributed by atoms with Gasteiger partial charge in [-0.1, -0.05) is 31.4 Å². The smallest absolute Gasteiger partial charge is 0.223 e. The van der Waals surface area contributed by atoms with E-state index in [2.05, 4.69) is 5.32 Å². The Hall–Kier alpha value is -1.51. The Bertz CT molecular complexity index is 394. The highest BCUT2D eigenvalue weighted by Gasteiger charge is 2.20. The van der Waals surface area contributed by atoms with Gasteiger partial charge in [-0.05, 0) is 37.5 Å². The van der Waals surface area contributed by atoms with E-state index in [0.717, 1.165) is 24.2 Å². The molecule has 0 aromatic heterocycles. The van der Waals surface area contributed by atoms with Crippen LogP contribution < -0.4 is 10.1 Å². The third-order valence-corrected chi connectivity index (χ3v) is 3.68. The summed E-state index contributed by atoms with van der Waals surface area (Å²) in [6.45, 7) is 3.26. The van der Waals surface area contributed by atoms with E-state index in [4.69, 9.17) is 4.74 Å². The SMILES string of the molecule is CCOc1ccc(CNC(=O)C2CCCCC2)cc1. The van der Waals surface area contributed by atoms with Crippen LogP contribution in [0.1, 0.15) is 44.6 Å². The number of benzene rings is 1. The van der Waals surface area contributed by atoms with Crippen molar-refractivity contribution in [2.75, 3.05) is 6.61 Å². The molecule has 1 amide bonds. The zero-order chi connectivity index (χ0) is 13.5. The summed E-state index contributed by atoms with van der Waals surface area (Å²) in [5.41, 5.74) is 1.12. The van der Waals surface area contributed by atoms with E-state index >= 15 is 0 Å². The molecule has 1 fully saturated rings. The Labute approximate surface area is 115 Å². The van der Waals surface area contributed by atoms with Crippen LogP contribution in [0.15, 0.2) is 24.3 Å². The van der Waals surface area contributed by atoms with Crippen LogP contribution in [0, 0.1) is 5.92 Å². The van der Waals surface area contributed by atoms with Crippen LogP contribution in [0.2, 0.25) is 0 Å². The largest absolute Gasteiger partial charge is 0.494 e. The average molecular weight is 261 g/mol. The molecule has 3 heteroatoms. The fourth-order valence-electron chi connectivity index (χ4n) is 2.57. The summed E-state index contributed by atoms with van der Waals surface area (Å²) < 4.78 is 5.39. The zero-order valence-electron chi connectivity index (χ0n) is 11.7. The lowest BCUT2D eigenvalue weighted by atomic mass is 9.88. The van der Waals surface area contributed by atoms with Crippen LogP contribution in [-0.4, -0.2) is 12.5 Å². The molecule has 0 saturated heterocycles. The van der Waals surface area contributed by atoms with Crippen LogP contribution in [0.3, 0.4) is 0 Å². The number of nitrogens with one attached hydrogen (secondary N) is 1. The van der Waals surface area contributed by atoms with Gasteiger partial charge in [0.15, 0.2) is 0 Å². The molecule has 1 aliphatic rings. The van der Waals surface area contributed by atoms with Crippen LogP contribution in [-0.2, 0) is 11.3 Å². The molecule has 1 aliphatic carbocycles. The van der Waals surface area contributed by atoms with Gasteiger partial charge in [-0.2, -0.15) is 0 Å². The van der Waals surface area contributed by atoms with Crippen LogP contribution in [0.25, 0.3) is 0 Å². The predicted octanol–water partition coefficient (Wildman–Crippen LogP) is 3.28. The molecule has 0 atom stereocenters. The molecular weight excluding hydrogens is 238 g/mol. The minimum atomic E-state index is 0.216. The summed E-state index contributed by atoms with van der Waals surface area (Å²) in [5, 5.41) is 3.04.